The second kappa shape index (κ2) is 13.4. The molecule has 0 atom stereocenters. The Hall–Kier alpha value is -3.05. The molecule has 3 aromatic rings. The molecule has 0 aliphatic carbocycles. The highest BCUT2D eigenvalue weighted by molar-refractivity contribution is 5.93. The highest BCUT2D eigenvalue weighted by Crippen LogP contribution is 2.35. The van der Waals surface area contributed by atoms with Crippen LogP contribution in [0.5, 0.6) is 11.5 Å². The van der Waals surface area contributed by atoms with Gasteiger partial charge in [0.2, 0.25) is 0 Å². The Morgan fingerprint density at radius 3 is 2.25 bits per heavy atom. The summed E-state index contributed by atoms with van der Waals surface area (Å²) in [6.45, 7) is 6.97. The fraction of sp³-hybridized carbons (Fsp3) is 0.333. The molecule has 1 aromatic heterocycles. The fourth-order valence-electron chi connectivity index (χ4n) is 2.92. The first-order chi connectivity index (χ1) is 15.2. The summed E-state index contributed by atoms with van der Waals surface area (Å²) in [5.41, 5.74) is 2.36. The summed E-state index contributed by atoms with van der Waals surface area (Å²) < 4.78 is 22.6. The van der Waals surface area contributed by atoms with Gasteiger partial charge in [0.05, 0.1) is 18.7 Å². The summed E-state index contributed by atoms with van der Waals surface area (Å²) in [5, 5.41) is 4.12. The van der Waals surface area contributed by atoms with Gasteiger partial charge in [-0.3, -0.25) is 0 Å². The van der Waals surface area contributed by atoms with Crippen LogP contribution < -0.4 is 14.8 Å². The highest BCUT2D eigenvalue weighted by Gasteiger charge is 2.13. The van der Waals surface area contributed by atoms with E-state index in [1.165, 1.54) is 6.33 Å². The third kappa shape index (κ3) is 6.99. The Morgan fingerprint density at radius 2 is 1.59 bits per heavy atom. The molecule has 0 fully saturated rings. The first-order valence-corrected chi connectivity index (χ1v) is 10.3. The van der Waals surface area contributed by atoms with E-state index in [-0.39, 0.29) is 12.4 Å². The number of rotatable bonds is 12. The smallest absolute Gasteiger partial charge is 0.163 e. The van der Waals surface area contributed by atoms with Crippen LogP contribution in [0.25, 0.3) is 10.9 Å². The van der Waals surface area contributed by atoms with Crippen molar-refractivity contribution in [1.29, 1.82) is 0 Å². The third-order valence-corrected chi connectivity index (χ3v) is 4.37. The molecule has 8 heteroatoms. The van der Waals surface area contributed by atoms with E-state index in [2.05, 4.69) is 21.2 Å². The standard InChI is InChI=1S/C24H27N3O4.ClH/c1-4-18-8-7-9-19(14-18)27-24-20-15-22(30-12-10-28-5-2)23(31-13-11-29-6-3)16-21(20)25-17-26-24;/h1,7-9,14-17H,5-6,10-13H2,2-3H3,(H,25,26,27);1H. The Labute approximate surface area is 194 Å². The lowest BCUT2D eigenvalue weighted by atomic mass is 10.2. The van der Waals surface area contributed by atoms with Crippen molar-refractivity contribution in [1.82, 2.24) is 9.97 Å². The molecule has 0 aliphatic rings. The maximum Gasteiger partial charge on any atom is 0.163 e. The number of hydrogen-bond donors (Lipinski definition) is 1. The van der Waals surface area contributed by atoms with Crippen LogP contribution in [0.2, 0.25) is 0 Å². The predicted octanol–water partition coefficient (Wildman–Crippen LogP) is 4.61. The lowest BCUT2D eigenvalue weighted by molar-refractivity contribution is 0.100. The van der Waals surface area contributed by atoms with E-state index in [1.54, 1.807) is 0 Å². The van der Waals surface area contributed by atoms with E-state index >= 15 is 0 Å². The Balaban J connectivity index is 0.00000363. The molecule has 0 spiro atoms. The Morgan fingerprint density at radius 1 is 0.906 bits per heavy atom. The minimum absolute atomic E-state index is 0. The summed E-state index contributed by atoms with van der Waals surface area (Å²) >= 11 is 0. The van der Waals surface area contributed by atoms with Crippen molar-refractivity contribution in [3.8, 4) is 23.8 Å². The zero-order chi connectivity index (χ0) is 21.9. The largest absolute Gasteiger partial charge is 0.487 e. The van der Waals surface area contributed by atoms with E-state index in [0.29, 0.717) is 57.0 Å². The van der Waals surface area contributed by atoms with Gasteiger partial charge in [0.15, 0.2) is 11.5 Å². The van der Waals surface area contributed by atoms with Crippen molar-refractivity contribution in [2.45, 2.75) is 13.8 Å². The van der Waals surface area contributed by atoms with Crippen LogP contribution in [0, 0.1) is 12.3 Å². The van der Waals surface area contributed by atoms with E-state index in [9.17, 15) is 0 Å². The van der Waals surface area contributed by atoms with Gasteiger partial charge >= 0.3 is 0 Å². The van der Waals surface area contributed by atoms with Crippen LogP contribution in [0.15, 0.2) is 42.7 Å². The maximum atomic E-state index is 5.95. The number of ether oxygens (including phenoxy) is 4. The van der Waals surface area contributed by atoms with E-state index in [4.69, 9.17) is 25.4 Å². The highest BCUT2D eigenvalue weighted by atomic mass is 35.5. The number of benzene rings is 2. The normalized spacial score (nSPS) is 10.3. The van der Waals surface area contributed by atoms with Gasteiger partial charge in [0.25, 0.3) is 0 Å². The molecule has 0 saturated heterocycles. The number of fused-ring (bicyclic) bond motifs is 1. The van der Waals surface area contributed by atoms with Gasteiger partial charge in [-0.2, -0.15) is 0 Å². The molecule has 1 N–H and O–H groups in total. The topological polar surface area (TPSA) is 74.7 Å². The van der Waals surface area contributed by atoms with Crippen LogP contribution in [0.4, 0.5) is 11.5 Å². The van der Waals surface area contributed by atoms with Gasteiger partial charge in [0, 0.05) is 35.9 Å². The molecule has 7 nitrogen and oxygen atoms in total. The van der Waals surface area contributed by atoms with Gasteiger partial charge in [-0.25, -0.2) is 9.97 Å². The molecule has 32 heavy (non-hydrogen) atoms. The van der Waals surface area contributed by atoms with Crippen molar-refractivity contribution in [3.63, 3.8) is 0 Å². The maximum absolute atomic E-state index is 5.95. The lowest BCUT2D eigenvalue weighted by Crippen LogP contribution is -2.10. The number of aromatic nitrogens is 2. The minimum atomic E-state index is 0. The zero-order valence-electron chi connectivity index (χ0n) is 18.3. The summed E-state index contributed by atoms with van der Waals surface area (Å²) in [6, 6.07) is 11.3. The van der Waals surface area contributed by atoms with Crippen molar-refractivity contribution in [3.05, 3.63) is 48.3 Å². The summed E-state index contributed by atoms with van der Waals surface area (Å²) in [6.07, 6.45) is 7.02. The molecule has 0 saturated carbocycles. The first kappa shape index (κ1) is 25.2. The van der Waals surface area contributed by atoms with Crippen molar-refractivity contribution in [2.24, 2.45) is 0 Å². The number of nitrogens with one attached hydrogen (secondary N) is 1. The Bertz CT molecular complexity index is 1040. The average Bonchev–Trinajstić information content (AvgIpc) is 2.80. The zero-order valence-corrected chi connectivity index (χ0v) is 19.1. The molecule has 170 valence electrons. The van der Waals surface area contributed by atoms with Gasteiger partial charge < -0.3 is 24.3 Å². The summed E-state index contributed by atoms with van der Waals surface area (Å²) in [5.74, 6) is 4.48. The number of hydrogen-bond acceptors (Lipinski definition) is 7. The molecule has 2 aromatic carbocycles. The van der Waals surface area contributed by atoms with Crippen molar-refractivity contribution >= 4 is 34.8 Å². The first-order valence-electron chi connectivity index (χ1n) is 10.3. The molecule has 1 heterocycles. The monoisotopic (exact) mass is 457 g/mol. The average molecular weight is 458 g/mol. The molecule has 0 amide bonds. The predicted molar refractivity (Wildman–Crippen MR) is 128 cm³/mol. The number of terminal acetylenes is 1. The van der Waals surface area contributed by atoms with E-state index in [0.717, 1.165) is 22.2 Å². The van der Waals surface area contributed by atoms with Crippen LogP contribution in [0.1, 0.15) is 19.4 Å². The number of anilines is 2. The van der Waals surface area contributed by atoms with E-state index in [1.807, 2.05) is 50.2 Å². The third-order valence-electron chi connectivity index (χ3n) is 4.37. The quantitative estimate of drug-likeness (QED) is 0.314. The molecule has 0 aliphatic heterocycles. The molecule has 3 rings (SSSR count). The number of nitrogens with zero attached hydrogens (tertiary/aromatic N) is 2. The summed E-state index contributed by atoms with van der Waals surface area (Å²) in [7, 11) is 0. The van der Waals surface area contributed by atoms with Crippen LogP contribution in [0.3, 0.4) is 0 Å². The second-order valence-corrected chi connectivity index (χ2v) is 6.48. The second-order valence-electron chi connectivity index (χ2n) is 6.48. The van der Waals surface area contributed by atoms with Crippen LogP contribution in [-0.4, -0.2) is 49.6 Å². The minimum Gasteiger partial charge on any atom is -0.487 e. The van der Waals surface area contributed by atoms with Gasteiger partial charge in [-0.15, -0.1) is 18.8 Å². The van der Waals surface area contributed by atoms with Gasteiger partial charge in [-0.05, 0) is 38.1 Å². The summed E-state index contributed by atoms with van der Waals surface area (Å²) in [4.78, 5) is 8.81. The molecular formula is C24H28ClN3O4. The fourth-order valence-corrected chi connectivity index (χ4v) is 2.92. The number of halogens is 1. The Kier molecular flexibility index (Phi) is 10.5. The lowest BCUT2D eigenvalue weighted by Gasteiger charge is -2.15. The SMILES string of the molecule is C#Cc1cccc(Nc2ncnc3cc(OCCOCC)c(OCCOCC)cc23)c1.Cl. The van der Waals surface area contributed by atoms with Gasteiger partial charge in [-0.1, -0.05) is 12.0 Å². The molecule has 0 unspecified atom stereocenters. The van der Waals surface area contributed by atoms with Crippen molar-refractivity contribution < 1.29 is 18.9 Å². The molecule has 0 radical (unpaired) electrons. The molecule has 0 bridgehead atoms. The molecular weight excluding hydrogens is 430 g/mol. The van der Waals surface area contributed by atoms with E-state index < -0.39 is 0 Å². The van der Waals surface area contributed by atoms with Crippen molar-refractivity contribution in [2.75, 3.05) is 45.0 Å². The van der Waals surface area contributed by atoms with Crippen LogP contribution >= 0.6 is 12.4 Å². The van der Waals surface area contributed by atoms with Crippen LogP contribution in [-0.2, 0) is 9.47 Å². The van der Waals surface area contributed by atoms with Gasteiger partial charge in [0.1, 0.15) is 25.4 Å².